The van der Waals surface area contributed by atoms with E-state index in [1.54, 1.807) is 0 Å². The molecule has 1 N–H and O–H groups in total. The fourth-order valence-electron chi connectivity index (χ4n) is 2.20. The first-order valence-electron chi connectivity index (χ1n) is 5.78. The van der Waals surface area contributed by atoms with E-state index in [0.717, 1.165) is 0 Å². The first-order valence-corrected chi connectivity index (χ1v) is 6.73. The van der Waals surface area contributed by atoms with Gasteiger partial charge in [-0.05, 0) is 5.04 Å². The lowest BCUT2D eigenvalue weighted by molar-refractivity contribution is -0.133. The maximum atomic E-state index is 11.7. The highest BCUT2D eigenvalue weighted by molar-refractivity contribution is 6.47. The topological polar surface area (TPSA) is 83.6 Å². The molecule has 0 aromatic heterocycles. The van der Waals surface area contributed by atoms with E-state index in [4.69, 9.17) is 0 Å². The van der Waals surface area contributed by atoms with E-state index in [1.807, 2.05) is 13.8 Å². The van der Waals surface area contributed by atoms with Gasteiger partial charge in [0.25, 0.3) is 0 Å². The molecule has 2 radical (unpaired) electrons. The van der Waals surface area contributed by atoms with Gasteiger partial charge in [0.2, 0.25) is 33.3 Å². The number of hydrogen-bond donors (Lipinski definition) is 1. The molecule has 0 aliphatic carbocycles. The summed E-state index contributed by atoms with van der Waals surface area (Å²) in [4.78, 5) is 46.0. The highest BCUT2D eigenvalue weighted by Crippen LogP contribution is 2.39. The molecule has 6 nitrogen and oxygen atoms in total. The van der Waals surface area contributed by atoms with Gasteiger partial charge in [-0.15, -0.1) is 0 Å². The number of hydrogen-bond acceptors (Lipinski definition) is 4. The lowest BCUT2D eigenvalue weighted by Gasteiger charge is -2.31. The predicted octanol–water partition coefficient (Wildman–Crippen LogP) is -0.384. The molecule has 0 bridgehead atoms. The second-order valence-corrected chi connectivity index (χ2v) is 7.09. The highest BCUT2D eigenvalue weighted by Gasteiger charge is 2.46. The van der Waals surface area contributed by atoms with Crippen LogP contribution in [0.3, 0.4) is 0 Å². The minimum atomic E-state index is -0.564. The van der Waals surface area contributed by atoms with Gasteiger partial charge in [0.15, 0.2) is 0 Å². The molecule has 2 heterocycles. The Labute approximate surface area is 107 Å². The van der Waals surface area contributed by atoms with Crippen molar-refractivity contribution in [3.8, 4) is 0 Å². The Morgan fingerprint density at radius 3 is 2.17 bits per heavy atom. The maximum absolute atomic E-state index is 11.7. The minimum absolute atomic E-state index is 0.0960. The SMILES string of the molecule is CC(C)([Si]N1C(=O)CCC1=O)C1CC(=O)NC1=O. The van der Waals surface area contributed by atoms with Crippen LogP contribution < -0.4 is 5.32 Å². The summed E-state index contributed by atoms with van der Waals surface area (Å²) in [6.07, 6.45) is 0.629. The molecule has 0 spiro atoms. The molecule has 96 valence electrons. The number of imide groups is 2. The molecule has 2 rings (SSSR count). The zero-order chi connectivity index (χ0) is 13.5. The molecule has 1 unspecified atom stereocenters. The Morgan fingerprint density at radius 1 is 1.17 bits per heavy atom. The largest absolute Gasteiger partial charge is 0.312 e. The molecule has 18 heavy (non-hydrogen) atoms. The third-order valence-electron chi connectivity index (χ3n) is 3.29. The third kappa shape index (κ3) is 2.22. The van der Waals surface area contributed by atoms with Gasteiger partial charge in [-0.3, -0.25) is 24.5 Å². The van der Waals surface area contributed by atoms with Crippen LogP contribution in [0, 0.1) is 5.92 Å². The van der Waals surface area contributed by atoms with Crippen molar-refractivity contribution in [3.05, 3.63) is 0 Å². The fraction of sp³-hybridized carbons (Fsp3) is 0.636. The van der Waals surface area contributed by atoms with Crippen LogP contribution in [0.2, 0.25) is 5.04 Å². The molecule has 0 aromatic carbocycles. The zero-order valence-electron chi connectivity index (χ0n) is 10.3. The second kappa shape index (κ2) is 4.31. The summed E-state index contributed by atoms with van der Waals surface area (Å²) in [6, 6.07) is 0. The van der Waals surface area contributed by atoms with Gasteiger partial charge in [-0.2, -0.15) is 0 Å². The van der Waals surface area contributed by atoms with Crippen molar-refractivity contribution in [1.82, 2.24) is 9.88 Å². The Balaban J connectivity index is 2.12. The van der Waals surface area contributed by atoms with Gasteiger partial charge < -0.3 is 4.57 Å². The van der Waals surface area contributed by atoms with Gasteiger partial charge in [0.1, 0.15) is 0 Å². The number of rotatable bonds is 3. The molecule has 2 aliphatic heterocycles. The standard InChI is InChI=1S/C11H14N2O4Si/c1-11(2,6-5-7(14)12-10(6)17)18-13-8(15)3-4-9(13)16/h6H,3-5H2,1-2H3,(H,12,14,17). The Bertz CT molecular complexity index is 430. The van der Waals surface area contributed by atoms with Crippen LogP contribution in [0.1, 0.15) is 33.1 Å². The molecule has 4 amide bonds. The summed E-state index contributed by atoms with van der Waals surface area (Å²) in [5.41, 5.74) is 0. The number of amides is 4. The van der Waals surface area contributed by atoms with Crippen LogP contribution in [0.5, 0.6) is 0 Å². The van der Waals surface area contributed by atoms with E-state index in [0.29, 0.717) is 0 Å². The first-order chi connectivity index (χ1) is 8.31. The minimum Gasteiger partial charge on any atom is -0.312 e. The normalized spacial score (nSPS) is 25.0. The van der Waals surface area contributed by atoms with Crippen LogP contribution in [-0.4, -0.2) is 37.9 Å². The van der Waals surface area contributed by atoms with Crippen molar-refractivity contribution >= 4 is 33.3 Å². The van der Waals surface area contributed by atoms with E-state index < -0.39 is 11.0 Å². The number of nitrogens with zero attached hydrogens (tertiary/aromatic N) is 1. The highest BCUT2D eigenvalue weighted by atomic mass is 28.2. The van der Waals surface area contributed by atoms with Crippen LogP contribution in [0.25, 0.3) is 0 Å². The van der Waals surface area contributed by atoms with E-state index in [9.17, 15) is 19.2 Å². The van der Waals surface area contributed by atoms with Crippen molar-refractivity contribution in [2.75, 3.05) is 0 Å². The molecule has 2 aliphatic rings. The van der Waals surface area contributed by atoms with Gasteiger partial charge in [0, 0.05) is 19.3 Å². The van der Waals surface area contributed by atoms with Crippen molar-refractivity contribution in [3.63, 3.8) is 0 Å². The Kier molecular flexibility index (Phi) is 3.10. The summed E-state index contributed by atoms with van der Waals surface area (Å²) in [5, 5.41) is 1.69. The molecule has 7 heteroatoms. The van der Waals surface area contributed by atoms with Crippen LogP contribution in [0.4, 0.5) is 0 Å². The zero-order valence-corrected chi connectivity index (χ0v) is 11.3. The van der Waals surface area contributed by atoms with Crippen molar-refractivity contribution in [2.45, 2.75) is 38.1 Å². The molecule has 2 fully saturated rings. The second-order valence-electron chi connectivity index (χ2n) is 5.13. The van der Waals surface area contributed by atoms with Crippen molar-refractivity contribution in [1.29, 1.82) is 0 Å². The van der Waals surface area contributed by atoms with E-state index in [2.05, 4.69) is 5.32 Å². The van der Waals surface area contributed by atoms with Crippen molar-refractivity contribution < 1.29 is 19.2 Å². The van der Waals surface area contributed by atoms with Crippen LogP contribution in [-0.2, 0) is 19.2 Å². The van der Waals surface area contributed by atoms with E-state index in [-0.39, 0.29) is 52.6 Å². The molecular weight excluding hydrogens is 252 g/mol. The lowest BCUT2D eigenvalue weighted by atomic mass is 9.93. The summed E-state index contributed by atoms with van der Waals surface area (Å²) in [6.45, 7) is 3.63. The molecule has 0 saturated carbocycles. The van der Waals surface area contributed by atoms with Gasteiger partial charge in [-0.25, -0.2) is 0 Å². The number of carbonyl (C=O) groups is 4. The lowest BCUT2D eigenvalue weighted by Crippen LogP contribution is -2.42. The predicted molar refractivity (Wildman–Crippen MR) is 62.1 cm³/mol. The fourth-order valence-corrected chi connectivity index (χ4v) is 3.64. The molecule has 0 aromatic rings. The summed E-state index contributed by atoms with van der Waals surface area (Å²) in [7, 11) is -0.0960. The van der Waals surface area contributed by atoms with Gasteiger partial charge in [0.05, 0.1) is 5.92 Å². The van der Waals surface area contributed by atoms with E-state index >= 15 is 0 Å². The Morgan fingerprint density at radius 2 is 1.72 bits per heavy atom. The maximum Gasteiger partial charge on any atom is 0.230 e. The number of nitrogens with one attached hydrogen (secondary N) is 1. The Hall–Kier alpha value is -1.50. The van der Waals surface area contributed by atoms with Gasteiger partial charge >= 0.3 is 0 Å². The monoisotopic (exact) mass is 266 g/mol. The third-order valence-corrected chi connectivity index (χ3v) is 4.94. The first kappa shape index (κ1) is 12.9. The smallest absolute Gasteiger partial charge is 0.230 e. The average molecular weight is 266 g/mol. The van der Waals surface area contributed by atoms with Crippen LogP contribution in [0.15, 0.2) is 0 Å². The molecular formula is C11H14N2O4Si. The summed E-state index contributed by atoms with van der Waals surface area (Å²) in [5.74, 6) is -1.43. The summed E-state index contributed by atoms with van der Waals surface area (Å²) >= 11 is 0. The van der Waals surface area contributed by atoms with Crippen LogP contribution >= 0.6 is 0 Å². The molecule has 1 atom stereocenters. The summed E-state index contributed by atoms with van der Waals surface area (Å²) < 4.78 is 1.23. The quantitative estimate of drug-likeness (QED) is 0.557. The number of carbonyl (C=O) groups excluding carboxylic acids is 4. The average Bonchev–Trinajstić information content (AvgIpc) is 2.75. The molecule has 2 saturated heterocycles. The van der Waals surface area contributed by atoms with Crippen molar-refractivity contribution in [2.24, 2.45) is 5.92 Å². The van der Waals surface area contributed by atoms with E-state index in [1.165, 1.54) is 4.57 Å². The van der Waals surface area contributed by atoms with Gasteiger partial charge in [-0.1, -0.05) is 13.8 Å².